The summed E-state index contributed by atoms with van der Waals surface area (Å²) in [4.78, 5) is 24.9. The van der Waals surface area contributed by atoms with Gasteiger partial charge in [0.1, 0.15) is 0 Å². The van der Waals surface area contributed by atoms with Gasteiger partial charge < -0.3 is 23.7 Å². The third kappa shape index (κ3) is 5.79. The fourth-order valence-electron chi connectivity index (χ4n) is 2.60. The maximum absolute atomic E-state index is 12.5. The van der Waals surface area contributed by atoms with Crippen molar-refractivity contribution in [2.24, 2.45) is 0 Å². The minimum Gasteiger partial charge on any atom is -0.493 e. The van der Waals surface area contributed by atoms with Gasteiger partial charge >= 0.3 is 5.97 Å². The lowest BCUT2D eigenvalue weighted by Gasteiger charge is -2.14. The third-order valence-corrected chi connectivity index (χ3v) is 4.32. The summed E-state index contributed by atoms with van der Waals surface area (Å²) in [6.07, 6.45) is 0.796. The Morgan fingerprint density at radius 3 is 2.23 bits per heavy atom. The van der Waals surface area contributed by atoms with Crippen molar-refractivity contribution in [2.45, 2.75) is 20.3 Å². The van der Waals surface area contributed by atoms with Crippen molar-refractivity contribution < 1.29 is 33.3 Å². The summed E-state index contributed by atoms with van der Waals surface area (Å²) < 4.78 is 26.7. The standard InChI is InChI=1S/C22H25ClO7/c1-5-9-29-21-16(23)10-15(12-20(21)28-6-2)22(25)30-13-17(24)14-7-8-18(26-3)19(11-14)27-4/h7-8,10-12H,5-6,9,13H2,1-4H3. The van der Waals surface area contributed by atoms with Crippen LogP contribution in [0.25, 0.3) is 0 Å². The maximum atomic E-state index is 12.5. The van der Waals surface area contributed by atoms with Crippen LogP contribution < -0.4 is 18.9 Å². The molecule has 0 aliphatic rings. The molecule has 0 saturated carbocycles. The third-order valence-electron chi connectivity index (χ3n) is 4.04. The first-order chi connectivity index (χ1) is 14.4. The molecule has 2 aromatic carbocycles. The average molecular weight is 437 g/mol. The zero-order valence-corrected chi connectivity index (χ0v) is 18.2. The second-order valence-electron chi connectivity index (χ2n) is 6.14. The molecule has 0 heterocycles. The van der Waals surface area contributed by atoms with E-state index in [0.29, 0.717) is 41.8 Å². The second-order valence-corrected chi connectivity index (χ2v) is 6.54. The van der Waals surface area contributed by atoms with Gasteiger partial charge in [-0.1, -0.05) is 18.5 Å². The molecule has 0 bridgehead atoms. The van der Waals surface area contributed by atoms with Gasteiger partial charge in [-0.15, -0.1) is 0 Å². The summed E-state index contributed by atoms with van der Waals surface area (Å²) in [6.45, 7) is 4.17. The number of rotatable bonds is 11. The normalized spacial score (nSPS) is 10.3. The molecule has 7 nitrogen and oxygen atoms in total. The molecule has 0 atom stereocenters. The van der Waals surface area contributed by atoms with Crippen LogP contribution in [0, 0.1) is 0 Å². The van der Waals surface area contributed by atoms with Crippen molar-refractivity contribution >= 4 is 23.4 Å². The fraction of sp³-hybridized carbons (Fsp3) is 0.364. The minimum atomic E-state index is -0.700. The van der Waals surface area contributed by atoms with Gasteiger partial charge in [-0.05, 0) is 43.7 Å². The van der Waals surface area contributed by atoms with Crippen molar-refractivity contribution in [3.05, 3.63) is 46.5 Å². The van der Waals surface area contributed by atoms with Crippen LogP contribution >= 0.6 is 11.6 Å². The molecule has 0 radical (unpaired) electrons. The van der Waals surface area contributed by atoms with E-state index in [2.05, 4.69) is 0 Å². The van der Waals surface area contributed by atoms with Crippen LogP contribution in [0.4, 0.5) is 0 Å². The fourth-order valence-corrected chi connectivity index (χ4v) is 2.87. The molecule has 0 N–H and O–H groups in total. The van der Waals surface area contributed by atoms with E-state index in [0.717, 1.165) is 6.42 Å². The van der Waals surface area contributed by atoms with E-state index in [1.54, 1.807) is 12.1 Å². The first-order valence-electron chi connectivity index (χ1n) is 9.46. The van der Waals surface area contributed by atoms with E-state index in [-0.39, 0.29) is 16.4 Å². The molecule has 0 aliphatic carbocycles. The lowest BCUT2D eigenvalue weighted by Crippen LogP contribution is -2.15. The molecule has 0 aliphatic heterocycles. The van der Waals surface area contributed by atoms with Crippen LogP contribution in [0.2, 0.25) is 5.02 Å². The highest BCUT2D eigenvalue weighted by Crippen LogP contribution is 2.37. The van der Waals surface area contributed by atoms with Crippen molar-refractivity contribution in [2.75, 3.05) is 34.0 Å². The average Bonchev–Trinajstić information content (AvgIpc) is 2.76. The van der Waals surface area contributed by atoms with Gasteiger partial charge in [-0.25, -0.2) is 4.79 Å². The summed E-state index contributed by atoms with van der Waals surface area (Å²) in [5.41, 5.74) is 0.490. The molecule has 0 saturated heterocycles. The highest BCUT2D eigenvalue weighted by Gasteiger charge is 2.19. The summed E-state index contributed by atoms with van der Waals surface area (Å²) in [5.74, 6) is 0.534. The van der Waals surface area contributed by atoms with Crippen molar-refractivity contribution in [1.29, 1.82) is 0 Å². The Kier molecular flexibility index (Phi) is 8.80. The highest BCUT2D eigenvalue weighted by atomic mass is 35.5. The molecule has 2 rings (SSSR count). The predicted molar refractivity (Wildman–Crippen MR) is 113 cm³/mol. The number of methoxy groups -OCH3 is 2. The zero-order valence-electron chi connectivity index (χ0n) is 17.5. The number of ether oxygens (including phenoxy) is 5. The Labute approximate surface area is 180 Å². The summed E-state index contributed by atoms with van der Waals surface area (Å²) in [6, 6.07) is 7.62. The number of halogens is 1. The number of ketones is 1. The Morgan fingerprint density at radius 1 is 0.900 bits per heavy atom. The molecule has 0 spiro atoms. The van der Waals surface area contributed by atoms with Crippen LogP contribution in [0.1, 0.15) is 41.0 Å². The number of hydrogen-bond acceptors (Lipinski definition) is 7. The summed E-state index contributed by atoms with van der Waals surface area (Å²) >= 11 is 6.27. The van der Waals surface area contributed by atoms with Gasteiger partial charge in [0.25, 0.3) is 0 Å². The molecule has 0 aromatic heterocycles. The van der Waals surface area contributed by atoms with Gasteiger partial charge in [-0.2, -0.15) is 0 Å². The lowest BCUT2D eigenvalue weighted by molar-refractivity contribution is 0.0474. The largest absolute Gasteiger partial charge is 0.493 e. The van der Waals surface area contributed by atoms with Gasteiger partial charge in [0, 0.05) is 5.56 Å². The molecular formula is C22H25ClO7. The first-order valence-corrected chi connectivity index (χ1v) is 9.84. The van der Waals surface area contributed by atoms with Crippen LogP contribution in [-0.4, -0.2) is 45.8 Å². The topological polar surface area (TPSA) is 80.3 Å². The lowest BCUT2D eigenvalue weighted by atomic mass is 10.1. The Bertz CT molecular complexity index is 895. The van der Waals surface area contributed by atoms with Gasteiger partial charge in [0.15, 0.2) is 35.4 Å². The maximum Gasteiger partial charge on any atom is 0.338 e. The van der Waals surface area contributed by atoms with Crippen LogP contribution in [0.5, 0.6) is 23.0 Å². The van der Waals surface area contributed by atoms with E-state index in [4.69, 9.17) is 35.3 Å². The van der Waals surface area contributed by atoms with E-state index in [9.17, 15) is 9.59 Å². The number of hydrogen-bond donors (Lipinski definition) is 0. The van der Waals surface area contributed by atoms with E-state index >= 15 is 0 Å². The van der Waals surface area contributed by atoms with Crippen LogP contribution in [-0.2, 0) is 4.74 Å². The van der Waals surface area contributed by atoms with Crippen molar-refractivity contribution in [3.63, 3.8) is 0 Å². The number of Topliss-reactive ketones (excluding diaryl/α,β-unsaturated/α-hetero) is 1. The van der Waals surface area contributed by atoms with E-state index < -0.39 is 12.6 Å². The smallest absolute Gasteiger partial charge is 0.338 e. The summed E-state index contributed by atoms with van der Waals surface area (Å²) in [5, 5.41) is 0.229. The number of carbonyl (C=O) groups excluding carboxylic acids is 2. The quantitative estimate of drug-likeness (QED) is 0.376. The zero-order chi connectivity index (χ0) is 22.1. The Morgan fingerprint density at radius 2 is 1.60 bits per heavy atom. The second kappa shape index (κ2) is 11.3. The van der Waals surface area contributed by atoms with Crippen molar-refractivity contribution in [1.82, 2.24) is 0 Å². The molecular weight excluding hydrogens is 412 g/mol. The Balaban J connectivity index is 2.13. The van der Waals surface area contributed by atoms with Gasteiger partial charge in [-0.3, -0.25) is 4.79 Å². The molecule has 162 valence electrons. The Hall–Kier alpha value is -2.93. The molecule has 8 heteroatoms. The van der Waals surface area contributed by atoms with Crippen LogP contribution in [0.15, 0.2) is 30.3 Å². The molecule has 0 amide bonds. The van der Waals surface area contributed by atoms with E-state index in [1.807, 2.05) is 13.8 Å². The first kappa shape index (κ1) is 23.3. The monoisotopic (exact) mass is 436 g/mol. The molecule has 0 unspecified atom stereocenters. The van der Waals surface area contributed by atoms with Gasteiger partial charge in [0.2, 0.25) is 0 Å². The van der Waals surface area contributed by atoms with Crippen molar-refractivity contribution in [3.8, 4) is 23.0 Å². The minimum absolute atomic E-state index is 0.160. The molecule has 0 fully saturated rings. The highest BCUT2D eigenvalue weighted by molar-refractivity contribution is 6.32. The molecule has 2 aromatic rings. The molecule has 30 heavy (non-hydrogen) atoms. The SMILES string of the molecule is CCCOc1c(Cl)cc(C(=O)OCC(=O)c2ccc(OC)c(OC)c2)cc1OCC. The van der Waals surface area contributed by atoms with Crippen LogP contribution in [0.3, 0.4) is 0 Å². The predicted octanol–water partition coefficient (Wildman–Crippen LogP) is 4.58. The number of esters is 1. The number of benzene rings is 2. The number of carbonyl (C=O) groups is 2. The van der Waals surface area contributed by atoms with Gasteiger partial charge in [0.05, 0.1) is 38.0 Å². The van der Waals surface area contributed by atoms with E-state index in [1.165, 1.54) is 32.4 Å². The summed E-state index contributed by atoms with van der Waals surface area (Å²) in [7, 11) is 2.97.